The molecular formula is C13H14N2O. The van der Waals surface area contributed by atoms with Crippen molar-refractivity contribution in [3.8, 4) is 11.8 Å². The lowest BCUT2D eigenvalue weighted by Gasteiger charge is -2.05. The van der Waals surface area contributed by atoms with Crippen molar-refractivity contribution in [3.05, 3.63) is 35.9 Å². The van der Waals surface area contributed by atoms with Crippen LogP contribution in [-0.2, 0) is 4.79 Å². The van der Waals surface area contributed by atoms with Crippen molar-refractivity contribution in [2.45, 2.75) is 12.5 Å². The van der Waals surface area contributed by atoms with Crippen LogP contribution in [0.3, 0.4) is 0 Å². The summed E-state index contributed by atoms with van der Waals surface area (Å²) in [5.41, 5.74) is 1.02. The van der Waals surface area contributed by atoms with Gasteiger partial charge in [0.2, 0.25) is 5.91 Å². The topological polar surface area (TPSA) is 41.1 Å². The largest absolute Gasteiger partial charge is 0.354 e. The highest BCUT2D eigenvalue weighted by atomic mass is 16.1. The maximum Gasteiger partial charge on any atom is 0.221 e. The predicted molar refractivity (Wildman–Crippen MR) is 62.7 cm³/mol. The fourth-order valence-electron chi connectivity index (χ4n) is 1.61. The number of rotatable bonds is 2. The number of amides is 1. The van der Waals surface area contributed by atoms with E-state index < -0.39 is 0 Å². The van der Waals surface area contributed by atoms with Crippen LogP contribution in [0.25, 0.3) is 0 Å². The SMILES string of the molecule is O=C1CC(NCC#Cc2ccccc2)CN1. The van der Waals surface area contributed by atoms with E-state index in [4.69, 9.17) is 0 Å². The van der Waals surface area contributed by atoms with Crippen LogP contribution < -0.4 is 10.6 Å². The maximum absolute atomic E-state index is 10.9. The maximum atomic E-state index is 10.9. The van der Waals surface area contributed by atoms with Gasteiger partial charge in [-0.1, -0.05) is 30.0 Å². The first kappa shape index (κ1) is 10.7. The van der Waals surface area contributed by atoms with Crippen LogP contribution in [0.5, 0.6) is 0 Å². The zero-order valence-electron chi connectivity index (χ0n) is 8.99. The van der Waals surface area contributed by atoms with E-state index in [2.05, 4.69) is 22.5 Å². The molecule has 0 radical (unpaired) electrons. The van der Waals surface area contributed by atoms with Crippen molar-refractivity contribution >= 4 is 5.91 Å². The summed E-state index contributed by atoms with van der Waals surface area (Å²) in [4.78, 5) is 10.9. The van der Waals surface area contributed by atoms with Gasteiger partial charge < -0.3 is 10.6 Å². The second-order valence-electron chi connectivity index (χ2n) is 3.75. The van der Waals surface area contributed by atoms with Gasteiger partial charge in [0.15, 0.2) is 0 Å². The van der Waals surface area contributed by atoms with Crippen molar-refractivity contribution < 1.29 is 4.79 Å². The molecule has 1 unspecified atom stereocenters. The van der Waals surface area contributed by atoms with E-state index in [1.807, 2.05) is 30.3 Å². The highest BCUT2D eigenvalue weighted by Gasteiger charge is 2.19. The minimum absolute atomic E-state index is 0.119. The Morgan fingerprint density at radius 1 is 1.38 bits per heavy atom. The molecule has 1 saturated heterocycles. The quantitative estimate of drug-likeness (QED) is 0.705. The van der Waals surface area contributed by atoms with E-state index in [9.17, 15) is 4.79 Å². The first-order valence-corrected chi connectivity index (χ1v) is 5.38. The Balaban J connectivity index is 1.76. The smallest absolute Gasteiger partial charge is 0.221 e. The van der Waals surface area contributed by atoms with Crippen LogP contribution in [-0.4, -0.2) is 25.0 Å². The minimum atomic E-state index is 0.119. The number of carbonyl (C=O) groups excluding carboxylic acids is 1. The molecular weight excluding hydrogens is 200 g/mol. The van der Waals surface area contributed by atoms with Crippen LogP contribution in [0.4, 0.5) is 0 Å². The van der Waals surface area contributed by atoms with Crippen molar-refractivity contribution in [1.29, 1.82) is 0 Å². The van der Waals surface area contributed by atoms with Gasteiger partial charge in [-0.3, -0.25) is 4.79 Å². The summed E-state index contributed by atoms with van der Waals surface area (Å²) in [5, 5.41) is 6.00. The minimum Gasteiger partial charge on any atom is -0.354 e. The molecule has 1 atom stereocenters. The average Bonchev–Trinajstić information content (AvgIpc) is 2.72. The summed E-state index contributed by atoms with van der Waals surface area (Å²) in [6.45, 7) is 1.33. The molecule has 3 nitrogen and oxygen atoms in total. The molecule has 16 heavy (non-hydrogen) atoms. The van der Waals surface area contributed by atoms with E-state index in [0.29, 0.717) is 19.5 Å². The second kappa shape index (κ2) is 5.34. The predicted octanol–water partition coefficient (Wildman–Crippen LogP) is 0.516. The van der Waals surface area contributed by atoms with Crippen molar-refractivity contribution in [2.24, 2.45) is 0 Å². The van der Waals surface area contributed by atoms with Crippen molar-refractivity contribution in [2.75, 3.05) is 13.1 Å². The zero-order chi connectivity index (χ0) is 11.2. The summed E-state index contributed by atoms with van der Waals surface area (Å²) < 4.78 is 0. The Labute approximate surface area is 95.2 Å². The Bertz CT molecular complexity index is 417. The normalized spacial score (nSPS) is 18.8. The lowest BCUT2D eigenvalue weighted by Crippen LogP contribution is -2.31. The molecule has 1 fully saturated rings. The summed E-state index contributed by atoms with van der Waals surface area (Å²) in [6.07, 6.45) is 0.563. The van der Waals surface area contributed by atoms with E-state index in [-0.39, 0.29) is 11.9 Å². The Morgan fingerprint density at radius 2 is 2.19 bits per heavy atom. The fraction of sp³-hybridized carbons (Fsp3) is 0.308. The Morgan fingerprint density at radius 3 is 2.88 bits per heavy atom. The third-order valence-corrected chi connectivity index (χ3v) is 2.46. The first-order valence-electron chi connectivity index (χ1n) is 5.38. The molecule has 1 aliphatic heterocycles. The van der Waals surface area contributed by atoms with Gasteiger partial charge in [-0.25, -0.2) is 0 Å². The number of carbonyl (C=O) groups is 1. The van der Waals surface area contributed by atoms with Gasteiger partial charge in [0.1, 0.15) is 0 Å². The molecule has 1 aromatic carbocycles. The molecule has 3 heteroatoms. The molecule has 0 aliphatic carbocycles. The summed E-state index contributed by atoms with van der Waals surface area (Å²) >= 11 is 0. The average molecular weight is 214 g/mol. The Kier molecular flexibility index (Phi) is 3.58. The lowest BCUT2D eigenvalue weighted by atomic mass is 10.2. The first-order chi connectivity index (χ1) is 7.84. The molecule has 1 aliphatic rings. The number of nitrogens with one attached hydrogen (secondary N) is 2. The highest BCUT2D eigenvalue weighted by molar-refractivity contribution is 5.78. The molecule has 1 heterocycles. The molecule has 2 N–H and O–H groups in total. The van der Waals surface area contributed by atoms with E-state index in [1.165, 1.54) is 0 Å². The highest BCUT2D eigenvalue weighted by Crippen LogP contribution is 1.98. The van der Waals surface area contributed by atoms with E-state index in [0.717, 1.165) is 5.56 Å². The zero-order valence-corrected chi connectivity index (χ0v) is 8.99. The van der Waals surface area contributed by atoms with Gasteiger partial charge in [0.25, 0.3) is 0 Å². The third-order valence-electron chi connectivity index (χ3n) is 2.46. The van der Waals surface area contributed by atoms with Crippen LogP contribution in [0.1, 0.15) is 12.0 Å². The molecule has 1 amide bonds. The summed E-state index contributed by atoms with van der Waals surface area (Å²) in [6, 6.07) is 10.1. The lowest BCUT2D eigenvalue weighted by molar-refractivity contribution is -0.119. The summed E-state index contributed by atoms with van der Waals surface area (Å²) in [7, 11) is 0. The fourth-order valence-corrected chi connectivity index (χ4v) is 1.61. The van der Waals surface area contributed by atoms with Gasteiger partial charge >= 0.3 is 0 Å². The molecule has 82 valence electrons. The molecule has 0 saturated carbocycles. The Hall–Kier alpha value is -1.79. The van der Waals surface area contributed by atoms with Gasteiger partial charge in [0, 0.05) is 24.6 Å². The number of hydrogen-bond acceptors (Lipinski definition) is 2. The number of hydrogen-bond donors (Lipinski definition) is 2. The molecule has 0 spiro atoms. The molecule has 0 aromatic heterocycles. The van der Waals surface area contributed by atoms with Crippen LogP contribution in [0, 0.1) is 11.8 Å². The van der Waals surface area contributed by atoms with Gasteiger partial charge in [-0.2, -0.15) is 0 Å². The standard InChI is InChI=1S/C13H14N2O/c16-13-9-12(10-15-13)14-8-4-7-11-5-2-1-3-6-11/h1-3,5-6,12,14H,8-10H2,(H,15,16). The van der Waals surface area contributed by atoms with Gasteiger partial charge in [-0.15, -0.1) is 0 Å². The van der Waals surface area contributed by atoms with Gasteiger partial charge in [-0.05, 0) is 12.1 Å². The van der Waals surface area contributed by atoms with Crippen LogP contribution >= 0.6 is 0 Å². The van der Waals surface area contributed by atoms with Gasteiger partial charge in [0.05, 0.1) is 6.54 Å². The van der Waals surface area contributed by atoms with Crippen molar-refractivity contribution in [3.63, 3.8) is 0 Å². The third kappa shape index (κ3) is 3.11. The monoisotopic (exact) mass is 214 g/mol. The van der Waals surface area contributed by atoms with Crippen LogP contribution in [0.15, 0.2) is 30.3 Å². The second-order valence-corrected chi connectivity index (χ2v) is 3.75. The van der Waals surface area contributed by atoms with E-state index >= 15 is 0 Å². The molecule has 0 bridgehead atoms. The van der Waals surface area contributed by atoms with E-state index in [1.54, 1.807) is 0 Å². The van der Waals surface area contributed by atoms with Crippen LogP contribution in [0.2, 0.25) is 0 Å². The summed E-state index contributed by atoms with van der Waals surface area (Å²) in [5.74, 6) is 6.22. The molecule has 1 aromatic rings. The molecule has 2 rings (SSSR count). The van der Waals surface area contributed by atoms with Crippen molar-refractivity contribution in [1.82, 2.24) is 10.6 Å². The number of benzene rings is 1.